The van der Waals surface area contributed by atoms with Crippen molar-refractivity contribution in [2.45, 2.75) is 23.6 Å². The SMILES string of the molecule is Cc1ccc(S/C(=N\OS(=O)(=O)c2ccc(C)cc2)c2ccccn2)cc1. The molecule has 7 heteroatoms. The standard InChI is InChI=1S/C20H18N2O3S2/c1-15-6-10-17(11-7-15)26-20(19-5-3-4-14-21-19)22-25-27(23,24)18-12-8-16(2)9-13-18/h3-14H,1-2H3/b22-20-. The quantitative estimate of drug-likeness (QED) is 0.273. The van der Waals surface area contributed by atoms with Crippen LogP contribution < -0.4 is 0 Å². The van der Waals surface area contributed by atoms with Crippen LogP contribution in [0.25, 0.3) is 0 Å². The van der Waals surface area contributed by atoms with Crippen LogP contribution in [-0.4, -0.2) is 18.4 Å². The first-order valence-corrected chi connectivity index (χ1v) is 10.4. The molecular formula is C20H18N2O3S2. The molecule has 0 fully saturated rings. The lowest BCUT2D eigenvalue weighted by Gasteiger charge is -2.07. The topological polar surface area (TPSA) is 68.6 Å². The number of aryl methyl sites for hydroxylation is 2. The van der Waals surface area contributed by atoms with Crippen LogP contribution in [0.15, 0.2) is 87.9 Å². The fraction of sp³-hybridized carbons (Fsp3) is 0.100. The molecule has 0 unspecified atom stereocenters. The molecule has 0 aliphatic carbocycles. The molecule has 1 aromatic heterocycles. The monoisotopic (exact) mass is 398 g/mol. The highest BCUT2D eigenvalue weighted by Gasteiger charge is 2.17. The van der Waals surface area contributed by atoms with Crippen molar-refractivity contribution >= 4 is 26.9 Å². The molecule has 2 aromatic carbocycles. The van der Waals surface area contributed by atoms with E-state index < -0.39 is 10.1 Å². The van der Waals surface area contributed by atoms with Crippen LogP contribution in [0, 0.1) is 13.8 Å². The van der Waals surface area contributed by atoms with Crippen molar-refractivity contribution in [1.29, 1.82) is 0 Å². The van der Waals surface area contributed by atoms with Crippen LogP contribution >= 0.6 is 11.8 Å². The number of benzene rings is 2. The summed E-state index contributed by atoms with van der Waals surface area (Å²) >= 11 is 1.29. The van der Waals surface area contributed by atoms with E-state index in [1.54, 1.807) is 30.5 Å². The summed E-state index contributed by atoms with van der Waals surface area (Å²) in [5, 5.41) is 4.27. The maximum Gasteiger partial charge on any atom is 0.358 e. The molecule has 0 aliphatic rings. The van der Waals surface area contributed by atoms with Gasteiger partial charge in [0.2, 0.25) is 0 Å². The fourth-order valence-corrected chi connectivity index (χ4v) is 3.73. The first-order chi connectivity index (χ1) is 12.9. The van der Waals surface area contributed by atoms with E-state index in [4.69, 9.17) is 4.28 Å². The second kappa shape index (κ2) is 8.37. The molecule has 27 heavy (non-hydrogen) atoms. The van der Waals surface area contributed by atoms with Crippen LogP contribution in [0.3, 0.4) is 0 Å². The van der Waals surface area contributed by atoms with Gasteiger partial charge in [0.05, 0.1) is 5.69 Å². The predicted octanol–water partition coefficient (Wildman–Crippen LogP) is 4.56. The first kappa shape index (κ1) is 19.1. The Labute approximate surface area is 163 Å². The molecule has 0 bridgehead atoms. The largest absolute Gasteiger partial charge is 0.358 e. The Morgan fingerprint density at radius 2 is 1.56 bits per heavy atom. The van der Waals surface area contributed by atoms with Crippen molar-refractivity contribution in [2.24, 2.45) is 5.16 Å². The molecule has 0 radical (unpaired) electrons. The molecule has 0 spiro atoms. The molecule has 138 valence electrons. The van der Waals surface area contributed by atoms with Crippen LogP contribution in [0.4, 0.5) is 0 Å². The molecule has 5 nitrogen and oxygen atoms in total. The van der Waals surface area contributed by atoms with Gasteiger partial charge in [-0.2, -0.15) is 8.42 Å². The summed E-state index contributed by atoms with van der Waals surface area (Å²) in [6, 6.07) is 19.6. The summed E-state index contributed by atoms with van der Waals surface area (Å²) in [7, 11) is -4.01. The second-order valence-electron chi connectivity index (χ2n) is 5.87. The molecule has 0 saturated heterocycles. The number of nitrogens with zero attached hydrogens (tertiary/aromatic N) is 2. The summed E-state index contributed by atoms with van der Waals surface area (Å²) in [4.78, 5) is 5.21. The lowest BCUT2D eigenvalue weighted by Crippen LogP contribution is -2.06. The Morgan fingerprint density at radius 1 is 0.926 bits per heavy atom. The van der Waals surface area contributed by atoms with Crippen LogP contribution in [0.5, 0.6) is 0 Å². The van der Waals surface area contributed by atoms with Crippen molar-refractivity contribution in [1.82, 2.24) is 4.98 Å². The van der Waals surface area contributed by atoms with Gasteiger partial charge in [-0.15, -0.1) is 0 Å². The maximum absolute atomic E-state index is 12.4. The van der Waals surface area contributed by atoms with E-state index in [2.05, 4.69) is 10.1 Å². The first-order valence-electron chi connectivity index (χ1n) is 8.18. The third-order valence-electron chi connectivity index (χ3n) is 3.65. The number of thioether (sulfide) groups is 1. The Morgan fingerprint density at radius 3 is 2.15 bits per heavy atom. The molecule has 0 N–H and O–H groups in total. The predicted molar refractivity (Wildman–Crippen MR) is 107 cm³/mol. The van der Waals surface area contributed by atoms with Gasteiger partial charge in [-0.1, -0.05) is 58.4 Å². The van der Waals surface area contributed by atoms with E-state index in [1.165, 1.54) is 23.9 Å². The summed E-state index contributed by atoms with van der Waals surface area (Å²) in [5.41, 5.74) is 2.62. The van der Waals surface area contributed by atoms with Crippen LogP contribution in [0.1, 0.15) is 16.8 Å². The zero-order valence-electron chi connectivity index (χ0n) is 14.9. The number of oxime groups is 1. The number of hydrogen-bond acceptors (Lipinski definition) is 6. The number of hydrogen-bond donors (Lipinski definition) is 0. The van der Waals surface area contributed by atoms with Gasteiger partial charge in [-0.05, 0) is 50.2 Å². The minimum Gasteiger partial charge on any atom is -0.264 e. The van der Waals surface area contributed by atoms with E-state index in [-0.39, 0.29) is 4.90 Å². The van der Waals surface area contributed by atoms with E-state index >= 15 is 0 Å². The molecule has 3 rings (SSSR count). The van der Waals surface area contributed by atoms with Crippen molar-refractivity contribution in [3.63, 3.8) is 0 Å². The fourth-order valence-electron chi connectivity index (χ4n) is 2.16. The van der Waals surface area contributed by atoms with Gasteiger partial charge in [-0.25, -0.2) is 0 Å². The highest BCUT2D eigenvalue weighted by molar-refractivity contribution is 8.14. The Kier molecular flexibility index (Phi) is 5.93. The van der Waals surface area contributed by atoms with Crippen molar-refractivity contribution in [3.05, 3.63) is 89.7 Å². The van der Waals surface area contributed by atoms with Gasteiger partial charge in [0, 0.05) is 11.1 Å². The summed E-state index contributed by atoms with van der Waals surface area (Å²) in [6.45, 7) is 3.88. The molecule has 0 aliphatic heterocycles. The van der Waals surface area contributed by atoms with Gasteiger partial charge in [0.25, 0.3) is 0 Å². The average molecular weight is 399 g/mol. The lowest BCUT2D eigenvalue weighted by molar-refractivity contribution is 0.340. The minimum absolute atomic E-state index is 0.0533. The minimum atomic E-state index is -4.01. The zero-order chi connectivity index (χ0) is 19.3. The molecule has 0 saturated carbocycles. The zero-order valence-corrected chi connectivity index (χ0v) is 16.5. The van der Waals surface area contributed by atoms with E-state index in [0.717, 1.165) is 16.0 Å². The third kappa shape index (κ3) is 5.18. The molecule has 3 aromatic rings. The summed E-state index contributed by atoms with van der Waals surface area (Å²) < 4.78 is 29.8. The highest BCUT2D eigenvalue weighted by atomic mass is 32.2. The Balaban J connectivity index is 1.90. The second-order valence-corrected chi connectivity index (χ2v) is 8.46. The average Bonchev–Trinajstić information content (AvgIpc) is 2.68. The normalized spacial score (nSPS) is 12.0. The van der Waals surface area contributed by atoms with Crippen molar-refractivity contribution in [3.8, 4) is 0 Å². The van der Waals surface area contributed by atoms with Crippen LogP contribution in [0.2, 0.25) is 0 Å². The summed E-state index contributed by atoms with van der Waals surface area (Å²) in [5.74, 6) is 0. The Hall–Kier alpha value is -2.64. The maximum atomic E-state index is 12.4. The van der Waals surface area contributed by atoms with Crippen LogP contribution in [-0.2, 0) is 14.4 Å². The van der Waals surface area contributed by atoms with Crippen molar-refractivity contribution in [2.75, 3.05) is 0 Å². The van der Waals surface area contributed by atoms with Gasteiger partial charge in [0.15, 0.2) is 5.04 Å². The van der Waals surface area contributed by atoms with Crippen molar-refractivity contribution < 1.29 is 12.7 Å². The summed E-state index contributed by atoms with van der Waals surface area (Å²) in [6.07, 6.45) is 1.62. The van der Waals surface area contributed by atoms with E-state index in [0.29, 0.717) is 10.7 Å². The number of pyridine rings is 1. The number of aromatic nitrogens is 1. The Bertz CT molecular complexity index is 1030. The van der Waals surface area contributed by atoms with Gasteiger partial charge in [0.1, 0.15) is 4.90 Å². The molecule has 0 amide bonds. The smallest absolute Gasteiger partial charge is 0.264 e. The molecular weight excluding hydrogens is 380 g/mol. The molecule has 1 heterocycles. The van der Waals surface area contributed by atoms with E-state index in [9.17, 15) is 8.42 Å². The van der Waals surface area contributed by atoms with Gasteiger partial charge in [-0.3, -0.25) is 9.27 Å². The van der Waals surface area contributed by atoms with Gasteiger partial charge < -0.3 is 0 Å². The third-order valence-corrected chi connectivity index (χ3v) is 5.75. The lowest BCUT2D eigenvalue weighted by atomic mass is 10.2. The molecule has 0 atom stereocenters. The number of rotatable bonds is 5. The highest BCUT2D eigenvalue weighted by Crippen LogP contribution is 2.24. The van der Waals surface area contributed by atoms with Gasteiger partial charge >= 0.3 is 10.1 Å². The van der Waals surface area contributed by atoms with E-state index in [1.807, 2.05) is 44.2 Å².